The van der Waals surface area contributed by atoms with E-state index in [9.17, 15) is 0 Å². The summed E-state index contributed by atoms with van der Waals surface area (Å²) in [5, 5.41) is 0. The fourth-order valence-corrected chi connectivity index (χ4v) is 2.19. The van der Waals surface area contributed by atoms with Crippen molar-refractivity contribution in [3.05, 3.63) is 53.2 Å². The molecule has 1 rings (SSSR count). The van der Waals surface area contributed by atoms with Crippen molar-refractivity contribution in [3.63, 3.8) is 0 Å². The number of benzene rings is 1. The van der Waals surface area contributed by atoms with Crippen LogP contribution in [0.1, 0.15) is 106 Å². The molecule has 0 bridgehead atoms. The molecule has 1 aromatic rings. The lowest BCUT2D eigenvalue weighted by Gasteiger charge is -2.10. The number of rotatable bonds is 6. The van der Waals surface area contributed by atoms with Crippen molar-refractivity contribution in [2.24, 2.45) is 4.99 Å². The van der Waals surface area contributed by atoms with E-state index in [2.05, 4.69) is 58.1 Å². The highest BCUT2D eigenvalue weighted by Crippen LogP contribution is 2.25. The second-order valence-corrected chi connectivity index (χ2v) is 5.43. The molecule has 0 spiro atoms. The minimum atomic E-state index is 0.893. The quantitative estimate of drug-likeness (QED) is 0.266. The van der Waals surface area contributed by atoms with Crippen molar-refractivity contribution < 1.29 is 0 Å². The maximum Gasteiger partial charge on any atom is 0.0680 e. The summed E-state index contributed by atoms with van der Waals surface area (Å²) in [5.74, 6) is 0. The van der Waals surface area contributed by atoms with Gasteiger partial charge in [0.15, 0.2) is 0 Å². The molecule has 0 aliphatic heterocycles. The molecule has 1 aromatic carbocycles. The lowest BCUT2D eigenvalue weighted by Crippen LogP contribution is -1.90. The summed E-state index contributed by atoms with van der Waals surface area (Å²) in [6, 6.07) is 8.26. The van der Waals surface area contributed by atoms with Crippen LogP contribution in [0.4, 0.5) is 0 Å². The Bertz CT molecular complexity index is 477. The van der Waals surface area contributed by atoms with Gasteiger partial charge >= 0.3 is 0 Å². The minimum absolute atomic E-state index is 0.893. The number of hydrogen-bond donors (Lipinski definition) is 0. The highest BCUT2D eigenvalue weighted by atomic mass is 14.7. The van der Waals surface area contributed by atoms with Gasteiger partial charge in [-0.2, -0.15) is 0 Å². The number of unbranched alkanes of at least 4 members (excludes halogenated alkanes) is 3. The van der Waals surface area contributed by atoms with Gasteiger partial charge in [0.2, 0.25) is 0 Å². The number of allylic oxidation sites excluding steroid dienone is 2. The van der Waals surface area contributed by atoms with Crippen molar-refractivity contribution in [3.8, 4) is 0 Å². The van der Waals surface area contributed by atoms with Crippen molar-refractivity contribution in [2.75, 3.05) is 0 Å². The Morgan fingerprint density at radius 3 is 1.56 bits per heavy atom. The lowest BCUT2D eigenvalue weighted by molar-refractivity contribution is 0.702. The molecule has 0 amide bonds. The highest BCUT2D eigenvalue weighted by molar-refractivity contribution is 5.73. The van der Waals surface area contributed by atoms with Crippen LogP contribution in [-0.4, -0.2) is 6.72 Å². The van der Waals surface area contributed by atoms with Gasteiger partial charge in [-0.1, -0.05) is 112 Å². The molecule has 0 fully saturated rings. The second-order valence-electron chi connectivity index (χ2n) is 5.43. The highest BCUT2D eigenvalue weighted by Gasteiger charge is 2.05. The topological polar surface area (TPSA) is 12.4 Å². The summed E-state index contributed by atoms with van der Waals surface area (Å²) in [7, 11) is 0. The summed E-state index contributed by atoms with van der Waals surface area (Å²) in [4.78, 5) is 4.04. The van der Waals surface area contributed by atoms with E-state index in [1.54, 1.807) is 0 Å². The number of nitrogens with zero attached hydrogens (tertiary/aromatic N) is 1. The van der Waals surface area contributed by atoms with Gasteiger partial charge in [0.05, 0.1) is 5.70 Å². The standard InChI is InChI=1S/C14H17N.C6H14.3C2H6/c1-10(2)14(15-5)12(4)13-9-7-6-8-11(13)3;1-3-5-6-4-2;3*1-2/h6-9H,1,5H2,2-4H3;3-6H2,1-2H3;3*1-2H3/b14-12+;;;;. The summed E-state index contributed by atoms with van der Waals surface area (Å²) in [6.07, 6.45) is 5.54. The summed E-state index contributed by atoms with van der Waals surface area (Å²) in [5.41, 5.74) is 5.44. The van der Waals surface area contributed by atoms with E-state index < -0.39 is 0 Å². The molecule has 0 aliphatic rings. The van der Waals surface area contributed by atoms with E-state index >= 15 is 0 Å². The first-order valence-electron chi connectivity index (χ1n) is 10.9. The van der Waals surface area contributed by atoms with Crippen molar-refractivity contribution >= 4 is 12.3 Å². The molecule has 0 heterocycles. The van der Waals surface area contributed by atoms with E-state index in [0.717, 1.165) is 16.8 Å². The summed E-state index contributed by atoms with van der Waals surface area (Å²) in [6.45, 7) is 30.1. The fraction of sp³-hybridized carbons (Fsp3) is 0.577. The van der Waals surface area contributed by atoms with Crippen LogP contribution in [0.3, 0.4) is 0 Å². The third-order valence-corrected chi connectivity index (χ3v) is 3.42. The number of hydrogen-bond acceptors (Lipinski definition) is 1. The Balaban J connectivity index is -0.000000185. The maximum atomic E-state index is 4.04. The normalized spacial score (nSPS) is 9.30. The Hall–Kier alpha value is -1.63. The molecule has 0 N–H and O–H groups in total. The fourth-order valence-electron chi connectivity index (χ4n) is 2.19. The van der Waals surface area contributed by atoms with Gasteiger partial charge in [-0.25, -0.2) is 0 Å². The number of aliphatic imine (C=N–C) groups is 1. The Labute approximate surface area is 172 Å². The molecule has 0 radical (unpaired) electrons. The third kappa shape index (κ3) is 17.5. The first-order chi connectivity index (χ1) is 13.0. The second kappa shape index (κ2) is 26.6. The average molecular weight is 376 g/mol. The molecule has 27 heavy (non-hydrogen) atoms. The van der Waals surface area contributed by atoms with Gasteiger partial charge < -0.3 is 0 Å². The van der Waals surface area contributed by atoms with Crippen LogP contribution in [0.5, 0.6) is 0 Å². The van der Waals surface area contributed by atoms with Crippen molar-refractivity contribution in [1.29, 1.82) is 0 Å². The monoisotopic (exact) mass is 375 g/mol. The molecule has 0 atom stereocenters. The molecular formula is C26H49N. The molecule has 0 saturated heterocycles. The average Bonchev–Trinajstić information content (AvgIpc) is 2.72. The minimum Gasteiger partial charge on any atom is -0.264 e. The van der Waals surface area contributed by atoms with E-state index in [4.69, 9.17) is 0 Å². The third-order valence-electron chi connectivity index (χ3n) is 3.42. The summed E-state index contributed by atoms with van der Waals surface area (Å²) < 4.78 is 0. The van der Waals surface area contributed by atoms with Crippen LogP contribution in [0.25, 0.3) is 5.57 Å². The first-order valence-corrected chi connectivity index (χ1v) is 10.9. The Morgan fingerprint density at radius 1 is 0.852 bits per heavy atom. The largest absolute Gasteiger partial charge is 0.264 e. The van der Waals surface area contributed by atoms with Crippen LogP contribution < -0.4 is 0 Å². The van der Waals surface area contributed by atoms with Crippen LogP contribution in [-0.2, 0) is 0 Å². The Kier molecular flexibility index (Phi) is 32.5. The van der Waals surface area contributed by atoms with E-state index in [-0.39, 0.29) is 0 Å². The van der Waals surface area contributed by atoms with E-state index in [0.29, 0.717) is 0 Å². The Morgan fingerprint density at radius 2 is 1.26 bits per heavy atom. The van der Waals surface area contributed by atoms with Crippen LogP contribution in [0.2, 0.25) is 0 Å². The van der Waals surface area contributed by atoms with Crippen LogP contribution >= 0.6 is 0 Å². The molecule has 0 saturated carbocycles. The zero-order valence-electron chi connectivity index (χ0n) is 20.5. The van der Waals surface area contributed by atoms with Crippen molar-refractivity contribution in [2.45, 2.75) is 102 Å². The van der Waals surface area contributed by atoms with Gasteiger partial charge in [0.25, 0.3) is 0 Å². The van der Waals surface area contributed by atoms with E-state index in [1.807, 2.05) is 60.6 Å². The van der Waals surface area contributed by atoms with E-state index in [1.165, 1.54) is 36.8 Å². The van der Waals surface area contributed by atoms with Gasteiger partial charge in [-0.05, 0) is 49.8 Å². The molecule has 0 unspecified atom stereocenters. The predicted molar refractivity (Wildman–Crippen MR) is 132 cm³/mol. The molecule has 158 valence electrons. The van der Waals surface area contributed by atoms with Gasteiger partial charge in [0, 0.05) is 0 Å². The molecule has 1 heteroatoms. The smallest absolute Gasteiger partial charge is 0.0680 e. The lowest BCUT2D eigenvalue weighted by atomic mass is 9.98. The van der Waals surface area contributed by atoms with Gasteiger partial charge in [0.1, 0.15) is 0 Å². The SMILES string of the molecule is C=N/C(C(=C)C)=C(\C)c1ccccc1C.CC.CC.CC.CCCCCC. The zero-order valence-corrected chi connectivity index (χ0v) is 20.5. The van der Waals surface area contributed by atoms with Gasteiger partial charge in [-0.15, -0.1) is 0 Å². The predicted octanol–water partition coefficient (Wildman–Crippen LogP) is 9.67. The van der Waals surface area contributed by atoms with Crippen LogP contribution in [0.15, 0.2) is 47.1 Å². The number of aryl methyl sites for hydroxylation is 1. The summed E-state index contributed by atoms with van der Waals surface area (Å²) >= 11 is 0. The van der Waals surface area contributed by atoms with Gasteiger partial charge in [-0.3, -0.25) is 4.99 Å². The van der Waals surface area contributed by atoms with Crippen LogP contribution in [0, 0.1) is 6.92 Å². The molecule has 0 aromatic heterocycles. The molecule has 1 nitrogen and oxygen atoms in total. The zero-order chi connectivity index (χ0) is 22.3. The van der Waals surface area contributed by atoms with Crippen molar-refractivity contribution in [1.82, 2.24) is 0 Å². The maximum absolute atomic E-state index is 4.04. The molecular weight excluding hydrogens is 326 g/mol. The first kappa shape index (κ1) is 33.0. The molecule has 0 aliphatic carbocycles.